The first-order valence-electron chi connectivity index (χ1n) is 9.54. The molecular weight excluding hydrogens is 397 g/mol. The number of ether oxygens (including phenoxy) is 1. The maximum absolute atomic E-state index is 14.8. The van der Waals surface area contributed by atoms with Crippen molar-refractivity contribution in [3.05, 3.63) is 48.2 Å². The molecule has 29 heavy (non-hydrogen) atoms. The molecule has 0 saturated carbocycles. The number of carbonyl (C=O) groups is 2. The summed E-state index contributed by atoms with van der Waals surface area (Å²) in [5, 5.41) is 2.67. The fraction of sp³-hybridized carbons (Fsp3) is 0.400. The number of rotatable bonds is 5. The summed E-state index contributed by atoms with van der Waals surface area (Å²) in [5.74, 6) is 1.53. The molecule has 3 heterocycles. The van der Waals surface area contributed by atoms with Gasteiger partial charge in [-0.2, -0.15) is 11.8 Å². The van der Waals surface area contributed by atoms with E-state index in [9.17, 15) is 14.0 Å². The predicted octanol–water partition coefficient (Wildman–Crippen LogP) is 3.12. The fourth-order valence-corrected chi connectivity index (χ4v) is 4.33. The highest BCUT2D eigenvalue weighted by Gasteiger charge is 2.33. The number of thioether (sulfide) groups is 1. The monoisotopic (exact) mass is 419 g/mol. The molecule has 2 fully saturated rings. The van der Waals surface area contributed by atoms with Crippen molar-refractivity contribution < 1.29 is 23.1 Å². The van der Waals surface area contributed by atoms with Crippen molar-refractivity contribution in [1.29, 1.82) is 0 Å². The number of nitrogens with zero attached hydrogens (tertiary/aromatic N) is 2. The lowest BCUT2D eigenvalue weighted by Crippen LogP contribution is -2.34. The van der Waals surface area contributed by atoms with Crippen LogP contribution in [-0.4, -0.2) is 55.8 Å². The number of furan rings is 1. The molecule has 0 spiro atoms. The van der Waals surface area contributed by atoms with Gasteiger partial charge in [0.1, 0.15) is 11.9 Å². The van der Waals surface area contributed by atoms with Gasteiger partial charge in [0.15, 0.2) is 5.76 Å². The minimum atomic E-state index is -0.555. The first-order chi connectivity index (χ1) is 14.1. The van der Waals surface area contributed by atoms with Crippen LogP contribution in [-0.2, 0) is 4.74 Å². The number of benzene rings is 1. The van der Waals surface area contributed by atoms with E-state index in [1.165, 1.54) is 17.2 Å². The smallest absolute Gasteiger partial charge is 0.414 e. The van der Waals surface area contributed by atoms with Crippen molar-refractivity contribution in [3.8, 4) is 0 Å². The number of cyclic esters (lactones) is 1. The minimum Gasteiger partial charge on any atom is -0.459 e. The van der Waals surface area contributed by atoms with Crippen LogP contribution in [0, 0.1) is 5.82 Å². The maximum atomic E-state index is 14.8. The summed E-state index contributed by atoms with van der Waals surface area (Å²) in [6.45, 7) is 2.01. The summed E-state index contributed by atoms with van der Waals surface area (Å²) in [5.41, 5.74) is 1.01. The van der Waals surface area contributed by atoms with Crippen molar-refractivity contribution in [2.24, 2.45) is 0 Å². The zero-order valence-electron chi connectivity index (χ0n) is 15.8. The molecule has 1 aromatic heterocycles. The molecule has 2 aliphatic heterocycles. The summed E-state index contributed by atoms with van der Waals surface area (Å²) in [4.78, 5) is 27.6. The van der Waals surface area contributed by atoms with Crippen molar-refractivity contribution in [3.63, 3.8) is 0 Å². The van der Waals surface area contributed by atoms with Crippen molar-refractivity contribution in [1.82, 2.24) is 5.32 Å². The third-order valence-electron chi connectivity index (χ3n) is 4.92. The van der Waals surface area contributed by atoms with E-state index < -0.39 is 12.2 Å². The molecular formula is C20H22FN3O4S. The van der Waals surface area contributed by atoms with E-state index >= 15 is 0 Å². The van der Waals surface area contributed by atoms with E-state index in [2.05, 4.69) is 5.32 Å². The largest absolute Gasteiger partial charge is 0.459 e. The van der Waals surface area contributed by atoms with E-state index in [0.29, 0.717) is 11.4 Å². The Morgan fingerprint density at radius 2 is 2.17 bits per heavy atom. The molecule has 0 bridgehead atoms. The predicted molar refractivity (Wildman–Crippen MR) is 109 cm³/mol. The quantitative estimate of drug-likeness (QED) is 0.803. The molecule has 2 saturated heterocycles. The lowest BCUT2D eigenvalue weighted by atomic mass is 10.2. The fourth-order valence-electron chi connectivity index (χ4n) is 3.45. The van der Waals surface area contributed by atoms with Gasteiger partial charge >= 0.3 is 6.09 Å². The molecule has 7 nitrogen and oxygen atoms in total. The third kappa shape index (κ3) is 4.50. The molecule has 1 aromatic carbocycles. The SMILES string of the molecule is O=C(NCC1CN(c2ccc(N3CCCSCC3)c(F)c2)C(=O)O1)c1ccco1. The van der Waals surface area contributed by atoms with Gasteiger partial charge in [0.2, 0.25) is 0 Å². The van der Waals surface area contributed by atoms with Crippen LogP contribution in [0.3, 0.4) is 0 Å². The molecule has 0 radical (unpaired) electrons. The Balaban J connectivity index is 1.38. The Bertz CT molecular complexity index is 869. The van der Waals surface area contributed by atoms with E-state index in [4.69, 9.17) is 9.15 Å². The van der Waals surface area contributed by atoms with Gasteiger partial charge in [0, 0.05) is 18.8 Å². The van der Waals surface area contributed by atoms with Crippen molar-refractivity contribution in [2.75, 3.05) is 47.5 Å². The number of hydrogen-bond acceptors (Lipinski definition) is 6. The molecule has 1 N–H and O–H groups in total. The van der Waals surface area contributed by atoms with Gasteiger partial charge in [-0.1, -0.05) is 0 Å². The zero-order chi connectivity index (χ0) is 20.2. The zero-order valence-corrected chi connectivity index (χ0v) is 16.6. The molecule has 1 unspecified atom stereocenters. The Kier molecular flexibility index (Phi) is 5.94. The lowest BCUT2D eigenvalue weighted by Gasteiger charge is -2.24. The van der Waals surface area contributed by atoms with Crippen molar-refractivity contribution >= 4 is 35.1 Å². The summed E-state index contributed by atoms with van der Waals surface area (Å²) >= 11 is 1.88. The van der Waals surface area contributed by atoms with Crippen LogP contribution < -0.4 is 15.1 Å². The average molecular weight is 419 g/mol. The molecule has 2 aliphatic rings. The van der Waals surface area contributed by atoms with Gasteiger partial charge in [-0.25, -0.2) is 9.18 Å². The summed E-state index contributed by atoms with van der Waals surface area (Å²) in [7, 11) is 0. The van der Waals surface area contributed by atoms with Crippen LogP contribution in [0.1, 0.15) is 17.0 Å². The van der Waals surface area contributed by atoms with Gasteiger partial charge in [-0.15, -0.1) is 0 Å². The average Bonchev–Trinajstić information content (AvgIpc) is 3.30. The van der Waals surface area contributed by atoms with Gasteiger partial charge < -0.3 is 19.4 Å². The number of anilines is 2. The second-order valence-corrected chi connectivity index (χ2v) is 8.12. The highest BCUT2D eigenvalue weighted by Crippen LogP contribution is 2.29. The molecule has 0 aliphatic carbocycles. The molecule has 1 atom stereocenters. The topological polar surface area (TPSA) is 75.0 Å². The molecule has 2 aromatic rings. The number of halogens is 1. The summed E-state index contributed by atoms with van der Waals surface area (Å²) < 4.78 is 25.1. The van der Waals surface area contributed by atoms with Crippen LogP contribution in [0.5, 0.6) is 0 Å². The molecule has 4 rings (SSSR count). The minimum absolute atomic E-state index is 0.147. The normalized spacial score (nSPS) is 19.8. The van der Waals surface area contributed by atoms with Crippen LogP contribution in [0.2, 0.25) is 0 Å². The van der Waals surface area contributed by atoms with E-state index in [1.807, 2.05) is 16.7 Å². The number of amides is 2. The number of nitrogens with one attached hydrogen (secondary N) is 1. The lowest BCUT2D eigenvalue weighted by molar-refractivity contribution is 0.0889. The second kappa shape index (κ2) is 8.77. The summed E-state index contributed by atoms with van der Waals surface area (Å²) in [6.07, 6.45) is 1.36. The standard InChI is InChI=1S/C20H22FN3O4S/c21-16-11-14(4-5-17(16)23-6-2-9-29-10-7-23)24-13-15(28-20(24)26)12-22-19(25)18-3-1-8-27-18/h1,3-5,8,11,15H,2,6-7,9-10,12-13H2,(H,22,25). The highest BCUT2D eigenvalue weighted by atomic mass is 32.2. The van der Waals surface area contributed by atoms with Gasteiger partial charge in [-0.3, -0.25) is 9.69 Å². The van der Waals surface area contributed by atoms with E-state index in [0.717, 1.165) is 31.0 Å². The van der Waals surface area contributed by atoms with Crippen LogP contribution in [0.15, 0.2) is 41.0 Å². The Morgan fingerprint density at radius 3 is 2.97 bits per heavy atom. The van der Waals surface area contributed by atoms with Crippen LogP contribution in [0.25, 0.3) is 0 Å². The van der Waals surface area contributed by atoms with Crippen molar-refractivity contribution in [2.45, 2.75) is 12.5 Å². The first kappa shape index (κ1) is 19.6. The van der Waals surface area contributed by atoms with Gasteiger partial charge in [-0.05, 0) is 42.5 Å². The molecule has 9 heteroatoms. The second-order valence-electron chi connectivity index (χ2n) is 6.89. The number of hydrogen-bond donors (Lipinski definition) is 1. The third-order valence-corrected chi connectivity index (χ3v) is 5.96. The summed E-state index contributed by atoms with van der Waals surface area (Å²) in [6, 6.07) is 8.00. The number of carbonyl (C=O) groups excluding carboxylic acids is 2. The molecule has 154 valence electrons. The van der Waals surface area contributed by atoms with E-state index in [-0.39, 0.29) is 30.6 Å². The first-order valence-corrected chi connectivity index (χ1v) is 10.7. The van der Waals surface area contributed by atoms with Gasteiger partial charge in [0.05, 0.1) is 30.7 Å². The highest BCUT2D eigenvalue weighted by molar-refractivity contribution is 7.99. The van der Waals surface area contributed by atoms with E-state index in [1.54, 1.807) is 24.3 Å². The van der Waals surface area contributed by atoms with Crippen LogP contribution in [0.4, 0.5) is 20.6 Å². The van der Waals surface area contributed by atoms with Gasteiger partial charge in [0.25, 0.3) is 5.91 Å². The Labute approximate surface area is 172 Å². The van der Waals surface area contributed by atoms with Crippen LogP contribution >= 0.6 is 11.8 Å². The maximum Gasteiger partial charge on any atom is 0.414 e. The molecule has 2 amide bonds. The Hall–Kier alpha value is -2.68. The Morgan fingerprint density at radius 1 is 1.28 bits per heavy atom.